The molecule has 122 valence electrons. The van der Waals surface area contributed by atoms with Crippen LogP contribution in [0.25, 0.3) is 0 Å². The smallest absolute Gasteiger partial charge is 0.265 e. The predicted molar refractivity (Wildman–Crippen MR) is 89.4 cm³/mol. The second-order valence-corrected chi connectivity index (χ2v) is 5.13. The minimum Gasteiger partial charge on any atom is -0.497 e. The molecule has 0 fully saturated rings. The van der Waals surface area contributed by atoms with Crippen molar-refractivity contribution in [3.05, 3.63) is 48.0 Å². The quantitative estimate of drug-likeness (QED) is 0.887. The Morgan fingerprint density at radius 1 is 1.00 bits per heavy atom. The number of amides is 1. The maximum absolute atomic E-state index is 12.3. The zero-order valence-electron chi connectivity index (χ0n) is 13.8. The van der Waals surface area contributed by atoms with E-state index < -0.39 is 6.10 Å². The highest BCUT2D eigenvalue weighted by Gasteiger charge is 2.16. The maximum Gasteiger partial charge on any atom is 0.265 e. The number of benzene rings is 2. The van der Waals surface area contributed by atoms with Crippen LogP contribution in [0.3, 0.4) is 0 Å². The van der Waals surface area contributed by atoms with Gasteiger partial charge in [-0.1, -0.05) is 6.07 Å². The Bertz CT molecular complexity index is 667. The van der Waals surface area contributed by atoms with Crippen molar-refractivity contribution in [2.75, 3.05) is 19.5 Å². The van der Waals surface area contributed by atoms with Crippen LogP contribution < -0.4 is 19.5 Å². The average Bonchev–Trinajstić information content (AvgIpc) is 2.55. The van der Waals surface area contributed by atoms with E-state index in [-0.39, 0.29) is 5.91 Å². The number of carbonyl (C=O) groups is 1. The number of rotatable bonds is 6. The molecular formula is C18H21NO4. The summed E-state index contributed by atoms with van der Waals surface area (Å²) >= 11 is 0. The van der Waals surface area contributed by atoms with Crippen LogP contribution in [0.5, 0.6) is 17.2 Å². The zero-order chi connectivity index (χ0) is 16.8. The van der Waals surface area contributed by atoms with Gasteiger partial charge in [-0.3, -0.25) is 4.79 Å². The van der Waals surface area contributed by atoms with E-state index in [0.29, 0.717) is 17.2 Å². The molecule has 1 N–H and O–H groups in total. The Labute approximate surface area is 136 Å². The Morgan fingerprint density at radius 3 is 2.26 bits per heavy atom. The molecule has 0 aliphatic carbocycles. The van der Waals surface area contributed by atoms with Crippen molar-refractivity contribution in [2.45, 2.75) is 20.0 Å². The molecule has 5 heteroatoms. The van der Waals surface area contributed by atoms with E-state index >= 15 is 0 Å². The van der Waals surface area contributed by atoms with E-state index in [0.717, 1.165) is 11.3 Å². The van der Waals surface area contributed by atoms with Gasteiger partial charge in [0.15, 0.2) is 6.10 Å². The van der Waals surface area contributed by atoms with Gasteiger partial charge in [0.2, 0.25) is 0 Å². The summed E-state index contributed by atoms with van der Waals surface area (Å²) in [6.07, 6.45) is -0.645. The lowest BCUT2D eigenvalue weighted by atomic mass is 10.2. The zero-order valence-corrected chi connectivity index (χ0v) is 13.8. The van der Waals surface area contributed by atoms with Crippen molar-refractivity contribution in [1.29, 1.82) is 0 Å². The maximum atomic E-state index is 12.3. The van der Waals surface area contributed by atoms with E-state index in [1.54, 1.807) is 45.4 Å². The first-order valence-corrected chi connectivity index (χ1v) is 7.29. The number of aryl methyl sites for hydroxylation is 1. The summed E-state index contributed by atoms with van der Waals surface area (Å²) in [4.78, 5) is 12.3. The number of carbonyl (C=O) groups excluding carboxylic acids is 1. The summed E-state index contributed by atoms with van der Waals surface area (Å²) in [6, 6.07) is 12.7. The topological polar surface area (TPSA) is 56.8 Å². The lowest BCUT2D eigenvalue weighted by Gasteiger charge is -2.16. The van der Waals surface area contributed by atoms with Crippen molar-refractivity contribution >= 4 is 11.6 Å². The standard InChI is InChI=1S/C18H21NO4/c1-12-5-10-17(22-4)16(11-12)19-18(20)13(2)23-15-8-6-14(21-3)7-9-15/h5-11,13H,1-4H3,(H,19,20)/t13-/m1/s1. The molecule has 0 aromatic heterocycles. The largest absolute Gasteiger partial charge is 0.497 e. The molecule has 0 radical (unpaired) electrons. The highest BCUT2D eigenvalue weighted by Crippen LogP contribution is 2.25. The molecule has 0 unspecified atom stereocenters. The molecule has 0 saturated carbocycles. The third-order valence-electron chi connectivity index (χ3n) is 3.35. The van der Waals surface area contributed by atoms with E-state index in [1.165, 1.54) is 0 Å². The summed E-state index contributed by atoms with van der Waals surface area (Å²) in [5, 5.41) is 2.83. The van der Waals surface area contributed by atoms with Crippen LogP contribution in [0.15, 0.2) is 42.5 Å². The molecule has 2 aromatic rings. The number of hydrogen-bond donors (Lipinski definition) is 1. The van der Waals surface area contributed by atoms with Gasteiger partial charge in [-0.05, 0) is 55.8 Å². The number of ether oxygens (including phenoxy) is 3. The molecule has 2 aromatic carbocycles. The molecule has 0 bridgehead atoms. The Hall–Kier alpha value is -2.69. The fraction of sp³-hybridized carbons (Fsp3) is 0.278. The summed E-state index contributed by atoms with van der Waals surface area (Å²) in [7, 11) is 3.17. The molecule has 0 saturated heterocycles. The number of anilines is 1. The first-order valence-electron chi connectivity index (χ1n) is 7.29. The van der Waals surface area contributed by atoms with Crippen LogP contribution >= 0.6 is 0 Å². The molecule has 23 heavy (non-hydrogen) atoms. The lowest BCUT2D eigenvalue weighted by Crippen LogP contribution is -2.30. The van der Waals surface area contributed by atoms with E-state index in [4.69, 9.17) is 14.2 Å². The molecule has 0 heterocycles. The normalized spacial score (nSPS) is 11.5. The van der Waals surface area contributed by atoms with Gasteiger partial charge in [-0.15, -0.1) is 0 Å². The molecule has 5 nitrogen and oxygen atoms in total. The van der Waals surface area contributed by atoms with Crippen LogP contribution in [0, 0.1) is 6.92 Å². The number of hydrogen-bond acceptors (Lipinski definition) is 4. The summed E-state index contributed by atoms with van der Waals surface area (Å²) in [5.74, 6) is 1.70. The minimum absolute atomic E-state index is 0.246. The third-order valence-corrected chi connectivity index (χ3v) is 3.35. The molecule has 0 aliphatic rings. The highest BCUT2D eigenvalue weighted by molar-refractivity contribution is 5.95. The third kappa shape index (κ3) is 4.39. The van der Waals surface area contributed by atoms with Crippen molar-refractivity contribution in [3.63, 3.8) is 0 Å². The fourth-order valence-corrected chi connectivity index (χ4v) is 2.07. The van der Waals surface area contributed by atoms with Crippen LogP contribution in [0.4, 0.5) is 5.69 Å². The minimum atomic E-state index is -0.645. The Morgan fingerprint density at radius 2 is 1.65 bits per heavy atom. The molecule has 0 aliphatic heterocycles. The van der Waals surface area contributed by atoms with E-state index in [9.17, 15) is 4.79 Å². The first-order chi connectivity index (χ1) is 11.0. The molecule has 2 rings (SSSR count). The molecule has 1 amide bonds. The average molecular weight is 315 g/mol. The van der Waals surface area contributed by atoms with Crippen molar-refractivity contribution < 1.29 is 19.0 Å². The first kappa shape index (κ1) is 16.7. The van der Waals surface area contributed by atoms with Crippen molar-refractivity contribution in [3.8, 4) is 17.2 Å². The Balaban J connectivity index is 2.03. The number of nitrogens with one attached hydrogen (secondary N) is 1. The summed E-state index contributed by atoms with van der Waals surface area (Å²) in [6.45, 7) is 3.65. The predicted octanol–water partition coefficient (Wildman–Crippen LogP) is 3.42. The van der Waals surface area contributed by atoms with Crippen molar-refractivity contribution in [2.24, 2.45) is 0 Å². The number of methoxy groups -OCH3 is 2. The Kier molecular flexibility index (Phi) is 5.46. The van der Waals surface area contributed by atoms with Gasteiger partial charge in [0.25, 0.3) is 5.91 Å². The second-order valence-electron chi connectivity index (χ2n) is 5.13. The van der Waals surface area contributed by atoms with E-state index in [2.05, 4.69) is 5.32 Å². The highest BCUT2D eigenvalue weighted by atomic mass is 16.5. The molecule has 0 spiro atoms. The monoisotopic (exact) mass is 315 g/mol. The van der Waals surface area contributed by atoms with Crippen molar-refractivity contribution in [1.82, 2.24) is 0 Å². The van der Waals surface area contributed by atoms with Gasteiger partial charge in [0, 0.05) is 0 Å². The molecule has 1 atom stereocenters. The van der Waals surface area contributed by atoms with Crippen LogP contribution in [0.2, 0.25) is 0 Å². The van der Waals surface area contributed by atoms with Gasteiger partial charge in [0.1, 0.15) is 17.2 Å². The van der Waals surface area contributed by atoms with Gasteiger partial charge < -0.3 is 19.5 Å². The fourth-order valence-electron chi connectivity index (χ4n) is 2.07. The summed E-state index contributed by atoms with van der Waals surface area (Å²) in [5.41, 5.74) is 1.66. The van der Waals surface area contributed by atoms with Gasteiger partial charge >= 0.3 is 0 Å². The van der Waals surface area contributed by atoms with Crippen LogP contribution in [0.1, 0.15) is 12.5 Å². The van der Waals surface area contributed by atoms with E-state index in [1.807, 2.05) is 25.1 Å². The second kappa shape index (κ2) is 7.54. The van der Waals surface area contributed by atoms with Gasteiger partial charge in [0.05, 0.1) is 19.9 Å². The lowest BCUT2D eigenvalue weighted by molar-refractivity contribution is -0.122. The summed E-state index contributed by atoms with van der Waals surface area (Å²) < 4.78 is 16.0. The van der Waals surface area contributed by atoms with Gasteiger partial charge in [-0.25, -0.2) is 0 Å². The van der Waals surface area contributed by atoms with Gasteiger partial charge in [-0.2, -0.15) is 0 Å². The molecular weight excluding hydrogens is 294 g/mol. The van der Waals surface area contributed by atoms with Crippen LogP contribution in [-0.4, -0.2) is 26.2 Å². The van der Waals surface area contributed by atoms with Crippen LogP contribution in [-0.2, 0) is 4.79 Å². The SMILES string of the molecule is COc1ccc(O[C@H](C)C(=O)Nc2cc(C)ccc2OC)cc1.